The highest BCUT2D eigenvalue weighted by Gasteiger charge is 2.38. The van der Waals surface area contributed by atoms with Crippen molar-refractivity contribution in [3.05, 3.63) is 120 Å². The van der Waals surface area contributed by atoms with Crippen molar-refractivity contribution in [2.75, 3.05) is 0 Å². The van der Waals surface area contributed by atoms with Crippen LogP contribution in [0.5, 0.6) is 0 Å². The van der Waals surface area contributed by atoms with E-state index in [1.807, 2.05) is 61.5 Å². The second-order valence-corrected chi connectivity index (χ2v) is 7.52. The first-order valence-corrected chi connectivity index (χ1v) is 9.88. The van der Waals surface area contributed by atoms with Crippen molar-refractivity contribution in [1.82, 2.24) is 0 Å². The lowest BCUT2D eigenvalue weighted by atomic mass is 9.67. The molecule has 0 aromatic heterocycles. The summed E-state index contributed by atoms with van der Waals surface area (Å²) in [5, 5.41) is 21.5. The molecule has 0 saturated carbocycles. The van der Waals surface area contributed by atoms with Crippen molar-refractivity contribution in [3.8, 4) is 11.1 Å². The first-order chi connectivity index (χ1) is 14.4. The molecule has 4 nitrogen and oxygen atoms in total. The Kier molecular flexibility index (Phi) is 6.28. The molecule has 1 aliphatic rings. The second-order valence-electron chi connectivity index (χ2n) is 7.52. The minimum Gasteiger partial charge on any atom is -0.512 e. The van der Waals surface area contributed by atoms with Crippen molar-refractivity contribution in [3.63, 3.8) is 0 Å². The van der Waals surface area contributed by atoms with E-state index < -0.39 is 5.41 Å². The van der Waals surface area contributed by atoms with Gasteiger partial charge in [-0.1, -0.05) is 79.4 Å². The van der Waals surface area contributed by atoms with Crippen LogP contribution in [0.2, 0.25) is 0 Å². The molecule has 0 amide bonds. The van der Waals surface area contributed by atoms with E-state index in [9.17, 15) is 10.2 Å². The summed E-state index contributed by atoms with van der Waals surface area (Å²) in [5.41, 5.74) is 14.9. The first kappa shape index (κ1) is 21.2. The van der Waals surface area contributed by atoms with Crippen molar-refractivity contribution in [2.45, 2.75) is 24.8 Å². The van der Waals surface area contributed by atoms with Crippen LogP contribution in [0.1, 0.15) is 18.9 Å². The maximum absolute atomic E-state index is 10.8. The summed E-state index contributed by atoms with van der Waals surface area (Å²) in [6.45, 7) is 5.86. The number of aliphatic hydroxyl groups excluding tert-OH is 2. The summed E-state index contributed by atoms with van der Waals surface area (Å²) in [6, 6.07) is 17.9. The lowest BCUT2D eigenvalue weighted by Gasteiger charge is -2.36. The van der Waals surface area contributed by atoms with Gasteiger partial charge in [0.2, 0.25) is 0 Å². The van der Waals surface area contributed by atoms with Gasteiger partial charge in [0.1, 0.15) is 5.76 Å². The van der Waals surface area contributed by atoms with E-state index in [4.69, 9.17) is 11.5 Å². The molecule has 154 valence electrons. The zero-order valence-electron chi connectivity index (χ0n) is 17.1. The lowest BCUT2D eigenvalue weighted by Crippen LogP contribution is -2.32. The van der Waals surface area contributed by atoms with E-state index in [2.05, 4.69) is 18.7 Å². The third kappa shape index (κ3) is 3.95. The number of nitrogens with two attached hydrogens (primary N) is 2. The van der Waals surface area contributed by atoms with Gasteiger partial charge in [0, 0.05) is 29.0 Å². The van der Waals surface area contributed by atoms with Gasteiger partial charge in [-0.15, -0.1) is 0 Å². The smallest absolute Gasteiger partial charge is 0.121 e. The minimum atomic E-state index is -0.860. The van der Waals surface area contributed by atoms with Crippen LogP contribution in [0.25, 0.3) is 11.1 Å². The van der Waals surface area contributed by atoms with E-state index in [1.54, 1.807) is 6.08 Å². The molecule has 2 atom stereocenters. The molecule has 0 spiro atoms. The van der Waals surface area contributed by atoms with Crippen LogP contribution in [-0.4, -0.2) is 16.3 Å². The fourth-order valence-corrected chi connectivity index (χ4v) is 4.00. The zero-order chi connectivity index (χ0) is 21.7. The molecule has 0 heterocycles. The lowest BCUT2D eigenvalue weighted by molar-refractivity contribution is 0.361. The summed E-state index contributed by atoms with van der Waals surface area (Å²) in [6.07, 6.45) is 8.33. The van der Waals surface area contributed by atoms with Gasteiger partial charge in [0.15, 0.2) is 0 Å². The Morgan fingerprint density at radius 1 is 1.10 bits per heavy atom. The van der Waals surface area contributed by atoms with Gasteiger partial charge in [-0.05, 0) is 35.9 Å². The number of hydrogen-bond acceptors (Lipinski definition) is 4. The summed E-state index contributed by atoms with van der Waals surface area (Å²) in [7, 11) is 0. The Morgan fingerprint density at radius 2 is 1.73 bits per heavy atom. The summed E-state index contributed by atoms with van der Waals surface area (Å²) >= 11 is 0. The molecular formula is C26H28N2O2. The molecule has 0 aliphatic heterocycles. The summed E-state index contributed by atoms with van der Waals surface area (Å²) < 4.78 is 0. The number of rotatable bonds is 6. The maximum atomic E-state index is 10.8. The Labute approximate surface area is 177 Å². The number of allylic oxidation sites excluding steroid dienone is 5. The Hall–Kier alpha value is -3.50. The molecule has 6 N–H and O–H groups in total. The first-order valence-electron chi connectivity index (χ1n) is 9.88. The Balaban J connectivity index is 2.20. The third-order valence-corrected chi connectivity index (χ3v) is 5.63. The second kappa shape index (κ2) is 8.89. The fraction of sp³-hybridized carbons (Fsp3) is 0.154. The van der Waals surface area contributed by atoms with Gasteiger partial charge < -0.3 is 21.7 Å². The molecule has 2 aromatic rings. The Bertz CT molecular complexity index is 1030. The van der Waals surface area contributed by atoms with E-state index >= 15 is 0 Å². The summed E-state index contributed by atoms with van der Waals surface area (Å²) in [4.78, 5) is 0. The number of aliphatic hydroxyl groups is 2. The molecule has 30 heavy (non-hydrogen) atoms. The number of benzene rings is 2. The maximum Gasteiger partial charge on any atom is 0.121 e. The van der Waals surface area contributed by atoms with E-state index in [-0.39, 0.29) is 17.6 Å². The van der Waals surface area contributed by atoms with Gasteiger partial charge in [0.05, 0.1) is 5.76 Å². The molecule has 0 bridgehead atoms. The van der Waals surface area contributed by atoms with Crippen LogP contribution in [0.4, 0.5) is 0 Å². The Morgan fingerprint density at radius 3 is 2.30 bits per heavy atom. The highest BCUT2D eigenvalue weighted by molar-refractivity contribution is 5.65. The van der Waals surface area contributed by atoms with Crippen molar-refractivity contribution < 1.29 is 10.2 Å². The average molecular weight is 401 g/mol. The van der Waals surface area contributed by atoms with Crippen LogP contribution >= 0.6 is 0 Å². The zero-order valence-corrected chi connectivity index (χ0v) is 17.1. The highest BCUT2D eigenvalue weighted by Crippen LogP contribution is 2.44. The molecule has 0 saturated heterocycles. The SMILES string of the molecule is C=C/C(=C(O)\C=C\N)C(C)(C1=C(O)CC(N)C=C1)c1ccc(-c2ccccc2)cc1. The van der Waals surface area contributed by atoms with Crippen LogP contribution < -0.4 is 11.5 Å². The topological polar surface area (TPSA) is 92.5 Å². The quantitative estimate of drug-likeness (QED) is 0.397. The van der Waals surface area contributed by atoms with Gasteiger partial charge in [-0.2, -0.15) is 0 Å². The van der Waals surface area contributed by atoms with E-state index in [1.165, 1.54) is 12.3 Å². The van der Waals surface area contributed by atoms with Crippen LogP contribution in [0, 0.1) is 0 Å². The monoisotopic (exact) mass is 400 g/mol. The molecular weight excluding hydrogens is 372 g/mol. The molecule has 2 aromatic carbocycles. The minimum absolute atomic E-state index is 0.00860. The predicted molar refractivity (Wildman–Crippen MR) is 124 cm³/mol. The van der Waals surface area contributed by atoms with E-state index in [0.717, 1.165) is 16.7 Å². The van der Waals surface area contributed by atoms with Crippen LogP contribution in [0.3, 0.4) is 0 Å². The van der Waals surface area contributed by atoms with Gasteiger partial charge in [-0.25, -0.2) is 0 Å². The van der Waals surface area contributed by atoms with Crippen LogP contribution in [-0.2, 0) is 5.41 Å². The van der Waals surface area contributed by atoms with Crippen molar-refractivity contribution >= 4 is 0 Å². The molecule has 3 rings (SSSR count). The van der Waals surface area contributed by atoms with Gasteiger partial charge >= 0.3 is 0 Å². The van der Waals surface area contributed by atoms with Gasteiger partial charge in [-0.3, -0.25) is 0 Å². The largest absolute Gasteiger partial charge is 0.512 e. The van der Waals surface area contributed by atoms with E-state index in [0.29, 0.717) is 17.6 Å². The van der Waals surface area contributed by atoms with Gasteiger partial charge in [0.25, 0.3) is 0 Å². The normalized spacial score (nSPS) is 19.5. The average Bonchev–Trinajstić information content (AvgIpc) is 2.75. The highest BCUT2D eigenvalue weighted by atomic mass is 16.3. The number of hydrogen-bond donors (Lipinski definition) is 4. The summed E-state index contributed by atoms with van der Waals surface area (Å²) in [5.74, 6) is 0.189. The molecule has 4 heteroatoms. The molecule has 0 fully saturated rings. The molecule has 2 unspecified atom stereocenters. The van der Waals surface area contributed by atoms with Crippen LogP contribution in [0.15, 0.2) is 114 Å². The fourth-order valence-electron chi connectivity index (χ4n) is 4.00. The molecule has 0 radical (unpaired) electrons. The van der Waals surface area contributed by atoms with Crippen molar-refractivity contribution in [2.24, 2.45) is 11.5 Å². The predicted octanol–water partition coefficient (Wildman–Crippen LogP) is 5.18. The molecule has 1 aliphatic carbocycles. The standard InChI is InChI=1S/C26H28N2O2/c1-3-22(24(29)15-16-27)26(2,23-14-13-21(28)17-25(23)30)20-11-9-19(10-12-20)18-7-5-4-6-8-18/h3-16,21,29-30H,1,17,27-28H2,2H3/b16-15+,24-22-. The van der Waals surface area contributed by atoms with Crippen molar-refractivity contribution in [1.29, 1.82) is 0 Å². The third-order valence-electron chi connectivity index (χ3n) is 5.63.